The number of likely N-dealkylation sites (tertiary alicyclic amines) is 1. The molecule has 5 heteroatoms. The van der Waals surface area contributed by atoms with Crippen LogP contribution in [0.3, 0.4) is 0 Å². The SMILES string of the molecule is CC(C)OCCCCC(=O)N1CCC(NC(=O)C(C)C)CC1. The van der Waals surface area contributed by atoms with Crippen molar-refractivity contribution in [1.82, 2.24) is 10.2 Å². The minimum absolute atomic E-state index is 0.0210. The molecule has 0 unspecified atom stereocenters. The standard InChI is InChI=1S/C17H32N2O3/c1-13(2)17(21)18-15-8-10-19(11-9-15)16(20)7-5-6-12-22-14(3)4/h13-15H,5-12H2,1-4H3,(H,18,21). The molecule has 1 heterocycles. The van der Waals surface area contributed by atoms with Gasteiger partial charge in [0.2, 0.25) is 11.8 Å². The minimum Gasteiger partial charge on any atom is -0.379 e. The fourth-order valence-corrected chi connectivity index (χ4v) is 2.50. The highest BCUT2D eigenvalue weighted by Crippen LogP contribution is 2.13. The van der Waals surface area contributed by atoms with E-state index in [0.717, 1.165) is 45.4 Å². The molecule has 0 aromatic rings. The van der Waals surface area contributed by atoms with Gasteiger partial charge in [-0.25, -0.2) is 0 Å². The molecule has 0 aromatic carbocycles. The predicted molar refractivity (Wildman–Crippen MR) is 87.5 cm³/mol. The van der Waals surface area contributed by atoms with Crippen molar-refractivity contribution >= 4 is 11.8 Å². The topological polar surface area (TPSA) is 58.6 Å². The molecule has 1 aliphatic heterocycles. The van der Waals surface area contributed by atoms with E-state index in [0.29, 0.717) is 6.42 Å². The van der Waals surface area contributed by atoms with Crippen molar-refractivity contribution in [2.75, 3.05) is 19.7 Å². The molecule has 22 heavy (non-hydrogen) atoms. The maximum atomic E-state index is 12.1. The normalized spacial score (nSPS) is 16.4. The molecule has 1 rings (SSSR count). The van der Waals surface area contributed by atoms with E-state index in [1.54, 1.807) is 0 Å². The number of hydrogen-bond donors (Lipinski definition) is 1. The molecule has 0 aromatic heterocycles. The number of piperidine rings is 1. The van der Waals surface area contributed by atoms with Gasteiger partial charge in [-0.3, -0.25) is 9.59 Å². The second-order valence-corrected chi connectivity index (χ2v) is 6.70. The number of unbranched alkanes of at least 4 members (excludes halogenated alkanes) is 1. The summed E-state index contributed by atoms with van der Waals surface area (Å²) in [5.41, 5.74) is 0. The lowest BCUT2D eigenvalue weighted by Gasteiger charge is -2.32. The predicted octanol–water partition coefficient (Wildman–Crippen LogP) is 2.34. The summed E-state index contributed by atoms with van der Waals surface area (Å²) in [7, 11) is 0. The molecule has 1 aliphatic rings. The van der Waals surface area contributed by atoms with Gasteiger partial charge in [0.1, 0.15) is 0 Å². The highest BCUT2D eigenvalue weighted by atomic mass is 16.5. The van der Waals surface area contributed by atoms with E-state index >= 15 is 0 Å². The Morgan fingerprint density at radius 1 is 1.14 bits per heavy atom. The Morgan fingerprint density at radius 2 is 1.77 bits per heavy atom. The summed E-state index contributed by atoms with van der Waals surface area (Å²) in [6.45, 7) is 10.1. The summed E-state index contributed by atoms with van der Waals surface area (Å²) >= 11 is 0. The lowest BCUT2D eigenvalue weighted by molar-refractivity contribution is -0.132. The van der Waals surface area contributed by atoms with Crippen LogP contribution in [0.5, 0.6) is 0 Å². The van der Waals surface area contributed by atoms with Crippen molar-refractivity contribution in [3.63, 3.8) is 0 Å². The Hall–Kier alpha value is -1.10. The number of carbonyl (C=O) groups excluding carboxylic acids is 2. The molecule has 1 N–H and O–H groups in total. The van der Waals surface area contributed by atoms with E-state index in [-0.39, 0.29) is 29.9 Å². The molecular formula is C17H32N2O3. The number of hydrogen-bond acceptors (Lipinski definition) is 3. The van der Waals surface area contributed by atoms with Crippen molar-refractivity contribution in [2.45, 2.75) is 71.9 Å². The summed E-state index contributed by atoms with van der Waals surface area (Å²) in [4.78, 5) is 25.7. The summed E-state index contributed by atoms with van der Waals surface area (Å²) < 4.78 is 5.47. The van der Waals surface area contributed by atoms with Gasteiger partial charge in [-0.15, -0.1) is 0 Å². The van der Waals surface area contributed by atoms with Crippen LogP contribution in [0.2, 0.25) is 0 Å². The van der Waals surface area contributed by atoms with Crippen LogP contribution in [0, 0.1) is 5.92 Å². The molecule has 0 radical (unpaired) electrons. The third kappa shape index (κ3) is 7.25. The van der Waals surface area contributed by atoms with Crippen LogP contribution in [0.1, 0.15) is 59.8 Å². The van der Waals surface area contributed by atoms with E-state index in [1.807, 2.05) is 32.6 Å². The molecular weight excluding hydrogens is 280 g/mol. The van der Waals surface area contributed by atoms with E-state index in [2.05, 4.69) is 5.32 Å². The first-order valence-electron chi connectivity index (χ1n) is 8.60. The first-order valence-corrected chi connectivity index (χ1v) is 8.60. The van der Waals surface area contributed by atoms with Crippen molar-refractivity contribution in [1.29, 1.82) is 0 Å². The fourth-order valence-electron chi connectivity index (χ4n) is 2.50. The van der Waals surface area contributed by atoms with Crippen molar-refractivity contribution < 1.29 is 14.3 Å². The third-order valence-corrected chi connectivity index (χ3v) is 3.95. The highest BCUT2D eigenvalue weighted by molar-refractivity contribution is 5.78. The van der Waals surface area contributed by atoms with E-state index < -0.39 is 0 Å². The second kappa shape index (κ2) is 9.82. The molecule has 0 atom stereocenters. The van der Waals surface area contributed by atoms with Crippen LogP contribution in [0.25, 0.3) is 0 Å². The molecule has 0 spiro atoms. The van der Waals surface area contributed by atoms with Crippen LogP contribution in [0.15, 0.2) is 0 Å². The van der Waals surface area contributed by atoms with Gasteiger partial charge < -0.3 is 15.0 Å². The number of ether oxygens (including phenoxy) is 1. The Bertz CT molecular complexity index is 348. The summed E-state index contributed by atoms with van der Waals surface area (Å²) in [6.07, 6.45) is 4.41. The maximum absolute atomic E-state index is 12.1. The van der Waals surface area contributed by atoms with Gasteiger partial charge >= 0.3 is 0 Å². The Balaban J connectivity index is 2.15. The van der Waals surface area contributed by atoms with E-state index in [1.165, 1.54) is 0 Å². The van der Waals surface area contributed by atoms with E-state index in [4.69, 9.17) is 4.74 Å². The maximum Gasteiger partial charge on any atom is 0.222 e. The van der Waals surface area contributed by atoms with Crippen molar-refractivity contribution in [3.05, 3.63) is 0 Å². The van der Waals surface area contributed by atoms with Gasteiger partial charge in [0.25, 0.3) is 0 Å². The van der Waals surface area contributed by atoms with Gasteiger partial charge in [-0.2, -0.15) is 0 Å². The zero-order valence-electron chi connectivity index (χ0n) is 14.6. The number of nitrogens with one attached hydrogen (secondary N) is 1. The second-order valence-electron chi connectivity index (χ2n) is 6.70. The average Bonchev–Trinajstić information content (AvgIpc) is 2.47. The highest BCUT2D eigenvalue weighted by Gasteiger charge is 2.23. The molecule has 128 valence electrons. The minimum atomic E-state index is 0.0210. The lowest BCUT2D eigenvalue weighted by atomic mass is 10.0. The monoisotopic (exact) mass is 312 g/mol. The quantitative estimate of drug-likeness (QED) is 0.700. The van der Waals surface area contributed by atoms with Crippen LogP contribution < -0.4 is 5.32 Å². The van der Waals surface area contributed by atoms with Gasteiger partial charge in [0.15, 0.2) is 0 Å². The third-order valence-electron chi connectivity index (χ3n) is 3.95. The average molecular weight is 312 g/mol. The molecule has 0 saturated carbocycles. The van der Waals surface area contributed by atoms with Crippen LogP contribution in [-0.2, 0) is 14.3 Å². The Labute approximate surface area is 134 Å². The lowest BCUT2D eigenvalue weighted by Crippen LogP contribution is -2.47. The smallest absolute Gasteiger partial charge is 0.222 e. The molecule has 2 amide bonds. The molecule has 0 bridgehead atoms. The zero-order valence-corrected chi connectivity index (χ0v) is 14.6. The zero-order chi connectivity index (χ0) is 16.5. The summed E-state index contributed by atoms with van der Waals surface area (Å²) in [5, 5.41) is 3.05. The van der Waals surface area contributed by atoms with Gasteiger partial charge in [0, 0.05) is 38.1 Å². The molecule has 1 fully saturated rings. The number of amides is 2. The summed E-state index contributed by atoms with van der Waals surface area (Å²) in [5.74, 6) is 0.362. The number of carbonyl (C=O) groups is 2. The number of rotatable bonds is 8. The fraction of sp³-hybridized carbons (Fsp3) is 0.882. The molecule has 0 aliphatic carbocycles. The van der Waals surface area contributed by atoms with Crippen molar-refractivity contribution in [3.8, 4) is 0 Å². The van der Waals surface area contributed by atoms with Crippen LogP contribution in [-0.4, -0.2) is 48.6 Å². The van der Waals surface area contributed by atoms with Crippen LogP contribution in [0.4, 0.5) is 0 Å². The number of nitrogens with zero attached hydrogens (tertiary/aromatic N) is 1. The van der Waals surface area contributed by atoms with E-state index in [9.17, 15) is 9.59 Å². The first-order chi connectivity index (χ1) is 10.4. The summed E-state index contributed by atoms with van der Waals surface area (Å²) in [6, 6.07) is 0.221. The van der Waals surface area contributed by atoms with Gasteiger partial charge in [-0.1, -0.05) is 13.8 Å². The van der Waals surface area contributed by atoms with Gasteiger partial charge in [0.05, 0.1) is 6.10 Å². The first kappa shape index (κ1) is 18.9. The van der Waals surface area contributed by atoms with Gasteiger partial charge in [-0.05, 0) is 39.5 Å². The Kier molecular flexibility index (Phi) is 8.46. The molecule has 5 nitrogen and oxygen atoms in total. The van der Waals surface area contributed by atoms with Crippen LogP contribution >= 0.6 is 0 Å². The van der Waals surface area contributed by atoms with Crippen molar-refractivity contribution in [2.24, 2.45) is 5.92 Å². The molecule has 1 saturated heterocycles. The Morgan fingerprint density at radius 3 is 2.32 bits per heavy atom. The largest absolute Gasteiger partial charge is 0.379 e.